The van der Waals surface area contributed by atoms with Crippen LogP contribution in [-0.4, -0.2) is 48.2 Å². The van der Waals surface area contributed by atoms with Gasteiger partial charge in [0.1, 0.15) is 0 Å². The Bertz CT molecular complexity index is 1200. The fourth-order valence-electron chi connectivity index (χ4n) is 5.89. The molecule has 10 heteroatoms. The van der Waals surface area contributed by atoms with E-state index in [1.54, 1.807) is 13.0 Å². The summed E-state index contributed by atoms with van der Waals surface area (Å²) in [6, 6.07) is 8.60. The largest absolute Gasteiger partial charge is 0.394 e. The van der Waals surface area contributed by atoms with Crippen molar-refractivity contribution >= 4 is 42.7 Å². The number of amides is 1. The smallest absolute Gasteiger partial charge is 0.251 e. The molecule has 2 N–H and O–H groups in total. The summed E-state index contributed by atoms with van der Waals surface area (Å²) in [6.45, 7) is 10.1. The SMILES string of the molecule is CCS(=O)(=O)c1ccc([C@@H](CO)NC(=O)c2ccc3c(c2)CN(CC2CCC(C)CC2)[C@H]3C(C)C)nc1.S.S. The minimum atomic E-state index is -3.36. The van der Waals surface area contributed by atoms with Gasteiger partial charge in [0.25, 0.3) is 5.91 Å². The molecule has 0 bridgehead atoms. The number of aromatic nitrogens is 1. The molecular weight excluding hydrogens is 551 g/mol. The fourth-order valence-corrected chi connectivity index (χ4v) is 6.71. The molecule has 0 radical (unpaired) electrons. The lowest BCUT2D eigenvalue weighted by Gasteiger charge is -2.34. The number of rotatable bonds is 9. The van der Waals surface area contributed by atoms with Gasteiger partial charge in [-0.25, -0.2) is 8.42 Å². The standard InChI is InChI=1S/C29H41N3O4S.2H2S/c1-5-37(35,36)24-11-13-26(30-15-24)27(18-33)31-29(34)22-10-12-25-23(14-22)17-32(28(25)19(2)3)16-21-8-6-20(4)7-9-21;;/h10-15,19-21,27-28,33H,5-9,16-18H2,1-4H3,(H,31,34);2*1H2/t20?,21?,27-,28+;;/m1../s1. The van der Waals surface area contributed by atoms with Crippen molar-refractivity contribution in [3.8, 4) is 0 Å². The summed E-state index contributed by atoms with van der Waals surface area (Å²) in [6.07, 6.45) is 6.52. The van der Waals surface area contributed by atoms with Crippen LogP contribution >= 0.6 is 27.0 Å². The number of hydrogen-bond acceptors (Lipinski definition) is 6. The number of hydrogen-bond donors (Lipinski definition) is 2. The third-order valence-electron chi connectivity index (χ3n) is 8.09. The molecule has 1 aliphatic heterocycles. The van der Waals surface area contributed by atoms with Crippen LogP contribution in [0.1, 0.15) is 92.6 Å². The molecule has 1 aromatic carbocycles. The second-order valence-corrected chi connectivity index (χ2v) is 13.5. The van der Waals surface area contributed by atoms with Crippen molar-refractivity contribution in [3.05, 3.63) is 58.9 Å². The number of aliphatic hydroxyl groups is 1. The number of carbonyl (C=O) groups excluding carboxylic acids is 1. The van der Waals surface area contributed by atoms with Crippen molar-refractivity contribution in [1.29, 1.82) is 0 Å². The van der Waals surface area contributed by atoms with E-state index in [2.05, 4.69) is 42.0 Å². The molecule has 2 aliphatic rings. The molecule has 0 saturated heterocycles. The summed E-state index contributed by atoms with van der Waals surface area (Å²) < 4.78 is 24.1. The third-order valence-corrected chi connectivity index (χ3v) is 9.81. The van der Waals surface area contributed by atoms with Gasteiger partial charge in [-0.1, -0.05) is 46.6 Å². The Morgan fingerprint density at radius 2 is 1.82 bits per heavy atom. The summed E-state index contributed by atoms with van der Waals surface area (Å²) in [7, 11) is -3.36. The topological polar surface area (TPSA) is 99.6 Å². The van der Waals surface area contributed by atoms with Crippen LogP contribution in [-0.2, 0) is 16.4 Å². The number of pyridine rings is 1. The highest BCUT2D eigenvalue weighted by Gasteiger charge is 2.34. The Labute approximate surface area is 248 Å². The van der Waals surface area contributed by atoms with E-state index in [0.717, 1.165) is 24.9 Å². The zero-order chi connectivity index (χ0) is 26.7. The summed E-state index contributed by atoms with van der Waals surface area (Å²) in [5, 5.41) is 12.8. The van der Waals surface area contributed by atoms with Gasteiger partial charge in [-0.15, -0.1) is 0 Å². The molecule has 0 unspecified atom stereocenters. The maximum atomic E-state index is 13.1. The first-order valence-corrected chi connectivity index (χ1v) is 15.3. The highest BCUT2D eigenvalue weighted by molar-refractivity contribution is 7.91. The van der Waals surface area contributed by atoms with Gasteiger partial charge in [0.2, 0.25) is 0 Å². The molecule has 39 heavy (non-hydrogen) atoms. The van der Waals surface area contributed by atoms with Crippen LogP contribution in [0.25, 0.3) is 0 Å². The van der Waals surface area contributed by atoms with E-state index in [1.807, 2.05) is 12.1 Å². The van der Waals surface area contributed by atoms with Gasteiger partial charge in [0.15, 0.2) is 9.84 Å². The molecule has 0 spiro atoms. The first kappa shape index (κ1) is 33.6. The van der Waals surface area contributed by atoms with E-state index in [0.29, 0.717) is 23.2 Å². The Morgan fingerprint density at radius 3 is 2.38 bits per heavy atom. The summed E-state index contributed by atoms with van der Waals surface area (Å²) in [4.78, 5) is 20.1. The molecule has 1 amide bonds. The Kier molecular flexibility index (Phi) is 12.4. The highest BCUT2D eigenvalue weighted by atomic mass is 32.2. The van der Waals surface area contributed by atoms with Gasteiger partial charge < -0.3 is 10.4 Å². The van der Waals surface area contributed by atoms with Gasteiger partial charge in [0, 0.05) is 30.9 Å². The molecule has 2 atom stereocenters. The van der Waals surface area contributed by atoms with Crippen molar-refractivity contribution in [1.82, 2.24) is 15.2 Å². The number of carbonyl (C=O) groups is 1. The van der Waals surface area contributed by atoms with Crippen LogP contribution in [0.2, 0.25) is 0 Å². The van der Waals surface area contributed by atoms with Crippen molar-refractivity contribution in [2.45, 2.75) is 76.9 Å². The Morgan fingerprint density at radius 1 is 1.13 bits per heavy atom. The molecule has 1 saturated carbocycles. The molecule has 4 rings (SSSR count). The quantitative estimate of drug-likeness (QED) is 0.428. The lowest BCUT2D eigenvalue weighted by Crippen LogP contribution is -2.32. The first-order chi connectivity index (χ1) is 17.6. The number of nitrogens with one attached hydrogen (secondary N) is 1. The average molecular weight is 596 g/mol. The van der Waals surface area contributed by atoms with Crippen LogP contribution in [0, 0.1) is 17.8 Å². The molecule has 1 aromatic heterocycles. The predicted octanol–water partition coefficient (Wildman–Crippen LogP) is 4.90. The van der Waals surface area contributed by atoms with E-state index < -0.39 is 15.9 Å². The van der Waals surface area contributed by atoms with Gasteiger partial charge in [0.05, 0.1) is 29.0 Å². The van der Waals surface area contributed by atoms with Crippen LogP contribution in [0.15, 0.2) is 41.4 Å². The van der Waals surface area contributed by atoms with Crippen molar-refractivity contribution in [3.63, 3.8) is 0 Å². The van der Waals surface area contributed by atoms with Crippen LogP contribution in [0.3, 0.4) is 0 Å². The summed E-state index contributed by atoms with van der Waals surface area (Å²) in [5.41, 5.74) is 3.48. The van der Waals surface area contributed by atoms with Crippen LogP contribution in [0.4, 0.5) is 0 Å². The van der Waals surface area contributed by atoms with Crippen molar-refractivity contribution in [2.24, 2.45) is 17.8 Å². The number of fused-ring (bicyclic) bond motifs is 1. The number of nitrogens with zero attached hydrogens (tertiary/aromatic N) is 2. The van der Waals surface area contributed by atoms with E-state index >= 15 is 0 Å². The first-order valence-electron chi connectivity index (χ1n) is 13.6. The van der Waals surface area contributed by atoms with Crippen LogP contribution in [0.5, 0.6) is 0 Å². The van der Waals surface area contributed by atoms with E-state index in [-0.39, 0.29) is 50.2 Å². The van der Waals surface area contributed by atoms with Crippen molar-refractivity contribution < 1.29 is 18.3 Å². The Balaban J connectivity index is 0.00000267. The monoisotopic (exact) mass is 595 g/mol. The highest BCUT2D eigenvalue weighted by Crippen LogP contribution is 2.41. The van der Waals surface area contributed by atoms with Crippen LogP contribution < -0.4 is 5.32 Å². The maximum Gasteiger partial charge on any atom is 0.251 e. The van der Waals surface area contributed by atoms with Gasteiger partial charge in [-0.3, -0.25) is 14.7 Å². The Hall–Kier alpha value is -1.59. The maximum absolute atomic E-state index is 13.1. The molecule has 218 valence electrons. The van der Waals surface area contributed by atoms with Crippen molar-refractivity contribution in [2.75, 3.05) is 18.9 Å². The minimum absolute atomic E-state index is 0. The molecule has 1 aliphatic carbocycles. The van der Waals surface area contributed by atoms with E-state index in [1.165, 1.54) is 49.1 Å². The summed E-state index contributed by atoms with van der Waals surface area (Å²) in [5.74, 6) is 1.77. The predicted molar refractivity (Wildman–Crippen MR) is 166 cm³/mol. The summed E-state index contributed by atoms with van der Waals surface area (Å²) >= 11 is 0. The zero-order valence-electron chi connectivity index (χ0n) is 23.5. The normalized spacial score (nSPS) is 21.9. The van der Waals surface area contributed by atoms with Gasteiger partial charge >= 0.3 is 0 Å². The average Bonchev–Trinajstić information content (AvgIpc) is 3.25. The zero-order valence-corrected chi connectivity index (χ0v) is 26.3. The lowest BCUT2D eigenvalue weighted by molar-refractivity contribution is 0.0914. The second-order valence-electron chi connectivity index (χ2n) is 11.2. The van der Waals surface area contributed by atoms with Gasteiger partial charge in [-0.05, 0) is 66.0 Å². The fraction of sp³-hybridized carbons (Fsp3) is 0.586. The van der Waals surface area contributed by atoms with E-state index in [4.69, 9.17) is 0 Å². The number of benzene rings is 1. The second kappa shape index (κ2) is 14.3. The number of sulfone groups is 1. The van der Waals surface area contributed by atoms with E-state index in [9.17, 15) is 18.3 Å². The molecular formula is C29H45N3O4S3. The third kappa shape index (κ3) is 7.79. The molecule has 7 nitrogen and oxygen atoms in total. The molecule has 1 fully saturated rings. The van der Waals surface area contributed by atoms with Gasteiger partial charge in [-0.2, -0.15) is 27.0 Å². The molecule has 2 aromatic rings. The molecule has 2 heterocycles. The minimum Gasteiger partial charge on any atom is -0.394 e. The lowest BCUT2D eigenvalue weighted by atomic mass is 9.82. The number of aliphatic hydroxyl groups excluding tert-OH is 1.